The van der Waals surface area contributed by atoms with Gasteiger partial charge in [-0.3, -0.25) is 0 Å². The highest BCUT2D eigenvalue weighted by atomic mass is 127. The van der Waals surface area contributed by atoms with Crippen LogP contribution in [0.1, 0.15) is 0 Å². The molecule has 3 nitrogen and oxygen atoms in total. The Balaban J connectivity index is 3.37. The Bertz CT molecular complexity index is 386. The van der Waals surface area contributed by atoms with Gasteiger partial charge >= 0.3 is 0 Å². The zero-order valence-electron chi connectivity index (χ0n) is 5.46. The van der Waals surface area contributed by atoms with Crippen molar-refractivity contribution < 1.29 is 8.42 Å². The molecule has 0 saturated heterocycles. The molecule has 0 spiro atoms. The molecule has 7 heteroatoms. The topological polar surface area (TPSA) is 47.0 Å². The molecule has 1 rings (SSSR count). The third-order valence-corrected chi connectivity index (χ3v) is 3.10. The van der Waals surface area contributed by atoms with E-state index >= 15 is 0 Å². The molecule has 0 aliphatic rings. The highest BCUT2D eigenvalue weighted by Crippen LogP contribution is 2.19. The molecule has 12 heavy (non-hydrogen) atoms. The van der Waals surface area contributed by atoms with Crippen LogP contribution in [0.15, 0.2) is 17.0 Å². The predicted molar refractivity (Wildman–Crippen MR) is 55.0 cm³/mol. The van der Waals surface area contributed by atoms with Gasteiger partial charge in [-0.05, 0) is 34.7 Å². The molecular weight excluding hydrogens is 336 g/mol. The van der Waals surface area contributed by atoms with Crippen LogP contribution in [0, 0.1) is 3.70 Å². The first-order chi connectivity index (χ1) is 5.39. The zero-order valence-corrected chi connectivity index (χ0v) is 9.95. The third kappa shape index (κ3) is 2.72. The average Bonchev–Trinajstić information content (AvgIpc) is 1.82. The first kappa shape index (κ1) is 10.5. The largest absolute Gasteiger partial charge is 0.261 e. The minimum Gasteiger partial charge on any atom is -0.230 e. The predicted octanol–water partition coefficient (Wildman–Crippen LogP) is 2.27. The van der Waals surface area contributed by atoms with Crippen molar-refractivity contribution in [2.24, 2.45) is 0 Å². The Morgan fingerprint density at radius 2 is 2.00 bits per heavy atom. The molecule has 0 N–H and O–H groups in total. The van der Waals surface area contributed by atoms with Crippen molar-refractivity contribution >= 4 is 53.9 Å². The number of halogens is 3. The summed E-state index contributed by atoms with van der Waals surface area (Å²) in [6, 6.07) is 2.54. The maximum absolute atomic E-state index is 10.8. The molecule has 0 bridgehead atoms. The molecule has 0 aliphatic heterocycles. The van der Waals surface area contributed by atoms with E-state index < -0.39 is 9.05 Å². The van der Waals surface area contributed by atoms with Gasteiger partial charge in [-0.1, -0.05) is 11.6 Å². The van der Waals surface area contributed by atoms with Crippen molar-refractivity contribution in [2.45, 2.75) is 4.90 Å². The van der Waals surface area contributed by atoms with Gasteiger partial charge < -0.3 is 0 Å². The average molecular weight is 338 g/mol. The SMILES string of the molecule is O=S(=O)(Cl)c1cc(Cl)nc(I)c1. The molecule has 1 aromatic rings. The summed E-state index contributed by atoms with van der Waals surface area (Å²) < 4.78 is 22.1. The van der Waals surface area contributed by atoms with Crippen LogP contribution in [-0.4, -0.2) is 13.4 Å². The van der Waals surface area contributed by atoms with Gasteiger partial charge in [-0.25, -0.2) is 13.4 Å². The fraction of sp³-hybridized carbons (Fsp3) is 0. The molecule has 0 unspecified atom stereocenters. The molecule has 0 fully saturated rings. The van der Waals surface area contributed by atoms with E-state index in [1.807, 2.05) is 22.6 Å². The van der Waals surface area contributed by atoms with Gasteiger partial charge in [0.1, 0.15) is 8.85 Å². The lowest BCUT2D eigenvalue weighted by Gasteiger charge is -1.96. The van der Waals surface area contributed by atoms with Gasteiger partial charge in [0, 0.05) is 10.7 Å². The maximum atomic E-state index is 10.8. The second kappa shape index (κ2) is 3.65. The molecule has 0 atom stereocenters. The van der Waals surface area contributed by atoms with Gasteiger partial charge in [0.15, 0.2) is 0 Å². The molecule has 1 heterocycles. The smallest absolute Gasteiger partial charge is 0.230 e. The monoisotopic (exact) mass is 337 g/mol. The van der Waals surface area contributed by atoms with E-state index in [1.54, 1.807) is 0 Å². The van der Waals surface area contributed by atoms with Crippen molar-refractivity contribution in [2.75, 3.05) is 0 Å². The Hall–Kier alpha value is 0.410. The van der Waals surface area contributed by atoms with E-state index in [0.717, 1.165) is 0 Å². The second-order valence-corrected chi connectivity index (χ2v) is 5.94. The van der Waals surface area contributed by atoms with Crippen LogP contribution in [-0.2, 0) is 9.05 Å². The molecular formula is C5H2Cl2INO2S. The maximum Gasteiger partial charge on any atom is 0.261 e. The Kier molecular flexibility index (Phi) is 3.19. The fourth-order valence-electron chi connectivity index (χ4n) is 0.584. The Morgan fingerprint density at radius 3 is 2.42 bits per heavy atom. The van der Waals surface area contributed by atoms with Gasteiger partial charge in [0.25, 0.3) is 9.05 Å². The highest BCUT2D eigenvalue weighted by Gasteiger charge is 2.11. The number of hydrogen-bond acceptors (Lipinski definition) is 3. The lowest BCUT2D eigenvalue weighted by atomic mass is 10.5. The van der Waals surface area contributed by atoms with Crippen molar-refractivity contribution in [3.05, 3.63) is 21.0 Å². The van der Waals surface area contributed by atoms with Gasteiger partial charge in [0.05, 0.1) is 4.90 Å². The quantitative estimate of drug-likeness (QED) is 0.448. The van der Waals surface area contributed by atoms with Crippen LogP contribution in [0.3, 0.4) is 0 Å². The highest BCUT2D eigenvalue weighted by molar-refractivity contribution is 14.1. The normalized spacial score (nSPS) is 11.6. The molecule has 1 aromatic heterocycles. The molecule has 0 radical (unpaired) electrons. The van der Waals surface area contributed by atoms with Crippen LogP contribution in [0.25, 0.3) is 0 Å². The summed E-state index contributed by atoms with van der Waals surface area (Å²) in [5.41, 5.74) is 0. The lowest BCUT2D eigenvalue weighted by Crippen LogP contribution is -1.93. The van der Waals surface area contributed by atoms with E-state index in [2.05, 4.69) is 4.98 Å². The van der Waals surface area contributed by atoms with Gasteiger partial charge in [0.2, 0.25) is 0 Å². The van der Waals surface area contributed by atoms with Crippen LogP contribution < -0.4 is 0 Å². The number of pyridine rings is 1. The zero-order chi connectivity index (χ0) is 9.35. The minimum absolute atomic E-state index is 0.0337. The molecule has 0 aromatic carbocycles. The van der Waals surface area contributed by atoms with E-state index in [4.69, 9.17) is 22.3 Å². The Labute approximate surface area is 92.6 Å². The summed E-state index contributed by atoms with van der Waals surface area (Å²) >= 11 is 7.37. The van der Waals surface area contributed by atoms with E-state index in [1.165, 1.54) is 12.1 Å². The lowest BCUT2D eigenvalue weighted by molar-refractivity contribution is 0.609. The van der Waals surface area contributed by atoms with Crippen molar-refractivity contribution in [3.8, 4) is 0 Å². The van der Waals surface area contributed by atoms with Crippen molar-refractivity contribution in [3.63, 3.8) is 0 Å². The number of nitrogens with zero attached hydrogens (tertiary/aromatic N) is 1. The van der Waals surface area contributed by atoms with Crippen LogP contribution in [0.2, 0.25) is 5.15 Å². The molecule has 0 aliphatic carbocycles. The number of rotatable bonds is 1. The second-order valence-electron chi connectivity index (χ2n) is 1.89. The van der Waals surface area contributed by atoms with E-state index in [9.17, 15) is 8.42 Å². The molecule has 66 valence electrons. The fourth-order valence-corrected chi connectivity index (χ4v) is 2.58. The van der Waals surface area contributed by atoms with E-state index in [-0.39, 0.29) is 10.0 Å². The number of hydrogen-bond donors (Lipinski definition) is 0. The molecule has 0 amide bonds. The van der Waals surface area contributed by atoms with Gasteiger partial charge in [-0.15, -0.1) is 0 Å². The van der Waals surface area contributed by atoms with Crippen molar-refractivity contribution in [1.29, 1.82) is 0 Å². The summed E-state index contributed by atoms with van der Waals surface area (Å²) in [5, 5.41) is 0.112. The standard InChI is InChI=1S/C5H2Cl2INO2S/c6-4-1-3(12(7,10)11)2-5(8)9-4/h1-2H. The van der Waals surface area contributed by atoms with Crippen LogP contribution in [0.4, 0.5) is 0 Å². The van der Waals surface area contributed by atoms with Gasteiger partial charge in [-0.2, -0.15) is 0 Å². The van der Waals surface area contributed by atoms with Crippen LogP contribution >= 0.6 is 44.9 Å². The number of aromatic nitrogens is 1. The summed E-state index contributed by atoms with van der Waals surface area (Å²) in [6.07, 6.45) is 0. The minimum atomic E-state index is -3.70. The summed E-state index contributed by atoms with van der Waals surface area (Å²) in [4.78, 5) is 3.74. The first-order valence-electron chi connectivity index (χ1n) is 2.67. The Morgan fingerprint density at radius 1 is 1.42 bits per heavy atom. The third-order valence-electron chi connectivity index (χ3n) is 1.02. The summed E-state index contributed by atoms with van der Waals surface area (Å²) in [5.74, 6) is 0. The van der Waals surface area contributed by atoms with Crippen molar-refractivity contribution in [1.82, 2.24) is 4.98 Å². The van der Waals surface area contributed by atoms with Crippen LogP contribution in [0.5, 0.6) is 0 Å². The van der Waals surface area contributed by atoms with E-state index in [0.29, 0.717) is 3.70 Å². The summed E-state index contributed by atoms with van der Waals surface area (Å²) in [7, 11) is 1.38. The summed E-state index contributed by atoms with van der Waals surface area (Å²) in [6.45, 7) is 0. The first-order valence-corrected chi connectivity index (χ1v) is 6.44. The molecule has 0 saturated carbocycles.